The standard InChI is InChI=1S/C24H29N3O4/c1-2-22(28)25-21(17-19-9-5-3-6-10-19)23(29)26-13-15-27(16-14-26)24(30)31-18-20-11-7-4-8-12-20/h2-11,20-21H,1,12-18H2,(H,25,28)/t20?,21-/m0/s1. The molecule has 7 heteroatoms. The van der Waals surface area contributed by atoms with Gasteiger partial charge in [-0.05, 0) is 18.1 Å². The van der Waals surface area contributed by atoms with Crippen molar-refractivity contribution in [1.29, 1.82) is 0 Å². The lowest BCUT2D eigenvalue weighted by Gasteiger charge is -2.36. The smallest absolute Gasteiger partial charge is 0.409 e. The Bertz CT molecular complexity index is 842. The number of hydrogen-bond acceptors (Lipinski definition) is 4. The number of benzene rings is 1. The minimum Gasteiger partial charge on any atom is -0.449 e. The summed E-state index contributed by atoms with van der Waals surface area (Å²) in [6, 6.07) is 8.86. The fraction of sp³-hybridized carbons (Fsp3) is 0.375. The largest absolute Gasteiger partial charge is 0.449 e. The van der Waals surface area contributed by atoms with Gasteiger partial charge >= 0.3 is 6.09 Å². The molecule has 2 aliphatic rings. The van der Waals surface area contributed by atoms with E-state index in [1.165, 1.54) is 0 Å². The number of nitrogens with zero attached hydrogens (tertiary/aromatic N) is 2. The number of carbonyl (C=O) groups is 3. The highest BCUT2D eigenvalue weighted by molar-refractivity contribution is 5.92. The van der Waals surface area contributed by atoms with E-state index in [1.54, 1.807) is 9.80 Å². The molecule has 0 spiro atoms. The molecule has 1 aromatic carbocycles. The SMILES string of the molecule is C=CC(=O)N[C@@H](Cc1ccccc1)C(=O)N1CCN(C(=O)OCC2C=CC=CC2)CC1. The van der Waals surface area contributed by atoms with Crippen LogP contribution in [0.1, 0.15) is 12.0 Å². The summed E-state index contributed by atoms with van der Waals surface area (Å²) in [5.74, 6) is -0.335. The molecule has 2 atom stereocenters. The molecule has 7 nitrogen and oxygen atoms in total. The molecule has 1 N–H and O–H groups in total. The summed E-state index contributed by atoms with van der Waals surface area (Å²) in [6.07, 6.45) is 10.1. The minimum absolute atomic E-state index is 0.161. The maximum Gasteiger partial charge on any atom is 0.409 e. The zero-order valence-electron chi connectivity index (χ0n) is 17.6. The van der Waals surface area contributed by atoms with Crippen LogP contribution >= 0.6 is 0 Å². The van der Waals surface area contributed by atoms with Gasteiger partial charge in [0.1, 0.15) is 6.04 Å². The van der Waals surface area contributed by atoms with Crippen LogP contribution in [0, 0.1) is 5.92 Å². The van der Waals surface area contributed by atoms with E-state index in [9.17, 15) is 14.4 Å². The predicted octanol–water partition coefficient (Wildman–Crippen LogP) is 2.31. The van der Waals surface area contributed by atoms with Gasteiger partial charge < -0.3 is 19.9 Å². The molecule has 1 heterocycles. The first kappa shape index (κ1) is 22.3. The van der Waals surface area contributed by atoms with Crippen LogP contribution < -0.4 is 5.32 Å². The fourth-order valence-corrected chi connectivity index (χ4v) is 3.64. The minimum atomic E-state index is -0.683. The van der Waals surface area contributed by atoms with Crippen molar-refractivity contribution in [3.05, 3.63) is 72.9 Å². The summed E-state index contributed by atoms with van der Waals surface area (Å²) < 4.78 is 5.44. The van der Waals surface area contributed by atoms with Crippen LogP contribution in [0.2, 0.25) is 0 Å². The van der Waals surface area contributed by atoms with E-state index in [4.69, 9.17) is 4.74 Å². The lowest BCUT2D eigenvalue weighted by molar-refractivity contribution is -0.137. The summed E-state index contributed by atoms with van der Waals surface area (Å²) >= 11 is 0. The van der Waals surface area contributed by atoms with Gasteiger partial charge in [-0.2, -0.15) is 0 Å². The molecule has 164 valence electrons. The normalized spacial score (nSPS) is 18.9. The van der Waals surface area contributed by atoms with E-state index in [-0.39, 0.29) is 23.8 Å². The first-order valence-corrected chi connectivity index (χ1v) is 10.6. The Balaban J connectivity index is 1.51. The van der Waals surface area contributed by atoms with Crippen molar-refractivity contribution < 1.29 is 19.1 Å². The van der Waals surface area contributed by atoms with Crippen LogP contribution in [0.5, 0.6) is 0 Å². The van der Waals surface area contributed by atoms with Crippen molar-refractivity contribution >= 4 is 17.9 Å². The molecule has 0 saturated carbocycles. The van der Waals surface area contributed by atoms with Gasteiger partial charge in [0.25, 0.3) is 0 Å². The van der Waals surface area contributed by atoms with Crippen LogP contribution in [0.3, 0.4) is 0 Å². The van der Waals surface area contributed by atoms with Crippen LogP contribution in [0.25, 0.3) is 0 Å². The summed E-state index contributed by atoms with van der Waals surface area (Å²) in [7, 11) is 0. The molecule has 0 bridgehead atoms. The average molecular weight is 424 g/mol. The van der Waals surface area contributed by atoms with Gasteiger partial charge in [-0.15, -0.1) is 0 Å². The fourth-order valence-electron chi connectivity index (χ4n) is 3.64. The third-order valence-electron chi connectivity index (χ3n) is 5.42. The maximum absolute atomic E-state index is 13.1. The number of ether oxygens (including phenoxy) is 1. The molecule has 3 rings (SSSR count). The molecule has 1 aromatic rings. The van der Waals surface area contributed by atoms with Crippen molar-refractivity contribution in [3.8, 4) is 0 Å². The lowest BCUT2D eigenvalue weighted by atomic mass is 10.0. The van der Waals surface area contributed by atoms with Gasteiger partial charge in [-0.25, -0.2) is 4.79 Å². The van der Waals surface area contributed by atoms with E-state index in [2.05, 4.69) is 18.0 Å². The highest BCUT2D eigenvalue weighted by Gasteiger charge is 2.30. The molecule has 31 heavy (non-hydrogen) atoms. The van der Waals surface area contributed by atoms with Crippen molar-refractivity contribution in [3.63, 3.8) is 0 Å². The average Bonchev–Trinajstić information content (AvgIpc) is 2.83. The Morgan fingerprint density at radius 2 is 1.81 bits per heavy atom. The van der Waals surface area contributed by atoms with E-state index in [1.807, 2.05) is 48.6 Å². The summed E-state index contributed by atoms with van der Waals surface area (Å²) in [5.41, 5.74) is 0.957. The highest BCUT2D eigenvalue weighted by Crippen LogP contribution is 2.14. The number of nitrogens with one attached hydrogen (secondary N) is 1. The number of piperazine rings is 1. The maximum atomic E-state index is 13.1. The van der Waals surface area contributed by atoms with Crippen LogP contribution in [-0.4, -0.2) is 66.5 Å². The first-order chi connectivity index (χ1) is 15.1. The van der Waals surface area contributed by atoms with Gasteiger partial charge in [0.05, 0.1) is 6.61 Å². The number of rotatable bonds is 7. The molecule has 1 fully saturated rings. The molecule has 0 radical (unpaired) electrons. The Morgan fingerprint density at radius 1 is 1.10 bits per heavy atom. The van der Waals surface area contributed by atoms with Crippen molar-refractivity contribution in [2.24, 2.45) is 5.92 Å². The predicted molar refractivity (Wildman–Crippen MR) is 118 cm³/mol. The van der Waals surface area contributed by atoms with E-state index in [0.717, 1.165) is 18.1 Å². The molecule has 1 saturated heterocycles. The molecule has 3 amide bonds. The molecule has 0 aromatic heterocycles. The number of hydrogen-bond donors (Lipinski definition) is 1. The number of carbonyl (C=O) groups excluding carboxylic acids is 3. The lowest BCUT2D eigenvalue weighted by Crippen LogP contribution is -2.56. The summed E-state index contributed by atoms with van der Waals surface area (Å²) in [4.78, 5) is 40.6. The molecule has 1 aliphatic carbocycles. The van der Waals surface area contributed by atoms with Gasteiger partial charge in [-0.3, -0.25) is 9.59 Å². The molecule has 1 aliphatic heterocycles. The quantitative estimate of drug-likeness (QED) is 0.683. The van der Waals surface area contributed by atoms with Crippen LogP contribution in [-0.2, 0) is 20.7 Å². The number of allylic oxidation sites excluding steroid dienone is 3. The Hall–Kier alpha value is -3.35. The van der Waals surface area contributed by atoms with Gasteiger partial charge in [-0.1, -0.05) is 61.2 Å². The Morgan fingerprint density at radius 3 is 2.45 bits per heavy atom. The Labute approximate surface area is 183 Å². The Kier molecular flexibility index (Phi) is 8.04. The van der Waals surface area contributed by atoms with Crippen molar-refractivity contribution in [2.45, 2.75) is 18.9 Å². The second-order valence-electron chi connectivity index (χ2n) is 7.65. The summed E-state index contributed by atoms with van der Waals surface area (Å²) in [5, 5.41) is 2.74. The van der Waals surface area contributed by atoms with E-state index < -0.39 is 6.04 Å². The van der Waals surface area contributed by atoms with E-state index in [0.29, 0.717) is 39.2 Å². The zero-order chi connectivity index (χ0) is 22.1. The van der Waals surface area contributed by atoms with Gasteiger partial charge in [0.2, 0.25) is 11.8 Å². The van der Waals surface area contributed by atoms with Crippen LogP contribution in [0.4, 0.5) is 4.79 Å². The monoisotopic (exact) mass is 423 g/mol. The molecular weight excluding hydrogens is 394 g/mol. The van der Waals surface area contributed by atoms with E-state index >= 15 is 0 Å². The zero-order valence-corrected chi connectivity index (χ0v) is 17.6. The molecular formula is C24H29N3O4. The highest BCUT2D eigenvalue weighted by atomic mass is 16.6. The van der Waals surface area contributed by atoms with Crippen molar-refractivity contribution in [1.82, 2.24) is 15.1 Å². The topological polar surface area (TPSA) is 79.0 Å². The van der Waals surface area contributed by atoms with Gasteiger partial charge in [0, 0.05) is 38.5 Å². The third-order valence-corrected chi connectivity index (χ3v) is 5.42. The second-order valence-corrected chi connectivity index (χ2v) is 7.65. The number of amides is 3. The summed E-state index contributed by atoms with van der Waals surface area (Å²) in [6.45, 7) is 5.42. The van der Waals surface area contributed by atoms with Crippen LogP contribution in [0.15, 0.2) is 67.3 Å². The third kappa shape index (κ3) is 6.57. The second kappa shape index (κ2) is 11.2. The first-order valence-electron chi connectivity index (χ1n) is 10.6. The molecule has 1 unspecified atom stereocenters. The van der Waals surface area contributed by atoms with Gasteiger partial charge in [0.15, 0.2) is 0 Å². The van der Waals surface area contributed by atoms with Crippen molar-refractivity contribution in [2.75, 3.05) is 32.8 Å².